The molecule has 0 bridgehead atoms. The molecule has 2 nitrogen and oxygen atoms in total. The van der Waals surface area contributed by atoms with Crippen molar-refractivity contribution in [3.05, 3.63) is 40.9 Å². The smallest absolute Gasteiger partial charge is 0.125 e. The Morgan fingerprint density at radius 1 is 1.57 bits per heavy atom. The summed E-state index contributed by atoms with van der Waals surface area (Å²) in [6, 6.07) is 7.42. The fourth-order valence-electron chi connectivity index (χ4n) is 1.11. The second kappa shape index (κ2) is 5.17. The third-order valence-corrected chi connectivity index (χ3v) is 1.98. The number of para-hydroxylation sites is 1. The van der Waals surface area contributed by atoms with Gasteiger partial charge in [-0.15, -0.1) is 0 Å². The van der Waals surface area contributed by atoms with Crippen LogP contribution >= 0.6 is 15.9 Å². The van der Waals surface area contributed by atoms with Crippen LogP contribution in [0.2, 0.25) is 0 Å². The van der Waals surface area contributed by atoms with E-state index in [1.165, 1.54) is 0 Å². The average molecular weight is 257 g/mol. The van der Waals surface area contributed by atoms with Gasteiger partial charge in [0.05, 0.1) is 6.10 Å². The molecule has 0 radical (unpaired) electrons. The van der Waals surface area contributed by atoms with E-state index < -0.39 is 6.10 Å². The van der Waals surface area contributed by atoms with Crippen LogP contribution in [0, 0.1) is 0 Å². The Bertz CT molecular complexity index is 321. The number of aliphatic hydroxyl groups excluding tert-OH is 1. The molecule has 0 aliphatic heterocycles. The topological polar surface area (TPSA) is 29.5 Å². The number of hydrogen-bond donors (Lipinski definition) is 1. The van der Waals surface area contributed by atoms with Crippen molar-refractivity contribution in [2.24, 2.45) is 0 Å². The number of benzene rings is 1. The lowest BCUT2D eigenvalue weighted by atomic mass is 10.1. The first-order chi connectivity index (χ1) is 6.61. The highest BCUT2D eigenvalue weighted by Crippen LogP contribution is 2.25. The molecule has 1 atom stereocenters. The van der Waals surface area contributed by atoms with E-state index in [2.05, 4.69) is 22.5 Å². The van der Waals surface area contributed by atoms with Gasteiger partial charge in [-0.25, -0.2) is 0 Å². The van der Waals surface area contributed by atoms with Crippen LogP contribution in [-0.2, 0) is 0 Å². The van der Waals surface area contributed by atoms with E-state index in [0.29, 0.717) is 12.4 Å². The molecule has 14 heavy (non-hydrogen) atoms. The van der Waals surface area contributed by atoms with Crippen molar-refractivity contribution in [1.82, 2.24) is 0 Å². The maximum atomic E-state index is 9.46. The number of halogens is 1. The predicted molar refractivity (Wildman–Crippen MR) is 60.6 cm³/mol. The van der Waals surface area contributed by atoms with Gasteiger partial charge in [0.15, 0.2) is 0 Å². The number of hydrogen-bond acceptors (Lipinski definition) is 2. The number of aliphatic hydroxyl groups is 1. The molecule has 1 rings (SSSR count). The van der Waals surface area contributed by atoms with Crippen molar-refractivity contribution < 1.29 is 9.84 Å². The Labute approximate surface area is 92.3 Å². The minimum Gasteiger partial charge on any atom is -0.488 e. The van der Waals surface area contributed by atoms with Crippen LogP contribution in [-0.4, -0.2) is 11.7 Å². The van der Waals surface area contributed by atoms with E-state index in [0.717, 1.165) is 10.0 Å². The molecule has 0 heterocycles. The Balaban J connectivity index is 2.79. The molecule has 0 spiro atoms. The lowest BCUT2D eigenvalue weighted by Crippen LogP contribution is -2.01. The van der Waals surface area contributed by atoms with Gasteiger partial charge in [0.25, 0.3) is 0 Å². The summed E-state index contributed by atoms with van der Waals surface area (Å²) in [5, 5.41) is 9.46. The summed E-state index contributed by atoms with van der Waals surface area (Å²) < 4.78 is 6.23. The molecule has 1 aromatic rings. The molecule has 0 aliphatic carbocycles. The molecule has 3 heteroatoms. The van der Waals surface area contributed by atoms with Crippen LogP contribution < -0.4 is 4.74 Å². The molecule has 1 aromatic carbocycles. The van der Waals surface area contributed by atoms with Gasteiger partial charge in [-0.1, -0.05) is 40.7 Å². The van der Waals surface area contributed by atoms with Gasteiger partial charge < -0.3 is 9.84 Å². The molecule has 0 fully saturated rings. The highest BCUT2D eigenvalue weighted by Gasteiger charge is 2.07. The van der Waals surface area contributed by atoms with Crippen molar-refractivity contribution >= 4 is 15.9 Å². The lowest BCUT2D eigenvalue weighted by Gasteiger charge is -2.12. The first-order valence-electron chi connectivity index (χ1n) is 4.34. The zero-order valence-electron chi connectivity index (χ0n) is 8.03. The van der Waals surface area contributed by atoms with Crippen LogP contribution in [0.5, 0.6) is 5.75 Å². The van der Waals surface area contributed by atoms with Gasteiger partial charge in [0, 0.05) is 10.0 Å². The van der Waals surface area contributed by atoms with Gasteiger partial charge in [0.1, 0.15) is 12.4 Å². The van der Waals surface area contributed by atoms with E-state index in [9.17, 15) is 5.11 Å². The summed E-state index contributed by atoms with van der Waals surface area (Å²) in [6.45, 7) is 5.79. The van der Waals surface area contributed by atoms with Crippen LogP contribution in [0.3, 0.4) is 0 Å². The fourth-order valence-corrected chi connectivity index (χ4v) is 1.23. The number of rotatable bonds is 4. The Morgan fingerprint density at radius 3 is 2.79 bits per heavy atom. The fraction of sp³-hybridized carbons (Fsp3) is 0.273. The average Bonchev–Trinajstić information content (AvgIpc) is 2.15. The third kappa shape index (κ3) is 3.16. The minimum absolute atomic E-state index is 0.406. The predicted octanol–water partition coefficient (Wildman–Crippen LogP) is 3.03. The molecule has 0 aromatic heterocycles. The Hall–Kier alpha value is -0.800. The lowest BCUT2D eigenvalue weighted by molar-refractivity contribution is 0.193. The first kappa shape index (κ1) is 11.3. The van der Waals surface area contributed by atoms with E-state index in [-0.39, 0.29) is 0 Å². The molecule has 0 saturated heterocycles. The van der Waals surface area contributed by atoms with Crippen molar-refractivity contribution in [3.8, 4) is 5.75 Å². The number of ether oxygens (including phenoxy) is 1. The van der Waals surface area contributed by atoms with Gasteiger partial charge in [-0.05, 0) is 13.0 Å². The van der Waals surface area contributed by atoms with Crippen LogP contribution in [0.4, 0.5) is 0 Å². The molecule has 0 saturated carbocycles. The van der Waals surface area contributed by atoms with Crippen LogP contribution in [0.15, 0.2) is 35.3 Å². The molecule has 1 N–H and O–H groups in total. The quantitative estimate of drug-likeness (QED) is 0.898. The Kier molecular flexibility index (Phi) is 4.17. The zero-order chi connectivity index (χ0) is 10.6. The molecule has 76 valence electrons. The SMILES string of the molecule is C=C(Br)COc1ccccc1[C@@H](C)O. The van der Waals surface area contributed by atoms with Crippen LogP contribution in [0.25, 0.3) is 0 Å². The van der Waals surface area contributed by atoms with Gasteiger partial charge in [-0.3, -0.25) is 0 Å². The highest BCUT2D eigenvalue weighted by molar-refractivity contribution is 9.11. The summed E-state index contributed by atoms with van der Waals surface area (Å²) in [6.07, 6.45) is -0.519. The summed E-state index contributed by atoms with van der Waals surface area (Å²) in [5.41, 5.74) is 0.793. The van der Waals surface area contributed by atoms with Crippen molar-refractivity contribution in [2.75, 3.05) is 6.61 Å². The van der Waals surface area contributed by atoms with E-state index in [1.54, 1.807) is 6.92 Å². The van der Waals surface area contributed by atoms with Crippen molar-refractivity contribution in [1.29, 1.82) is 0 Å². The zero-order valence-corrected chi connectivity index (χ0v) is 9.62. The normalized spacial score (nSPS) is 12.2. The largest absolute Gasteiger partial charge is 0.488 e. The Morgan fingerprint density at radius 2 is 2.21 bits per heavy atom. The summed E-state index contributed by atoms with van der Waals surface area (Å²) in [7, 11) is 0. The van der Waals surface area contributed by atoms with E-state index in [1.807, 2.05) is 24.3 Å². The maximum absolute atomic E-state index is 9.46. The minimum atomic E-state index is -0.519. The second-order valence-corrected chi connectivity index (χ2v) is 4.14. The maximum Gasteiger partial charge on any atom is 0.125 e. The van der Waals surface area contributed by atoms with Gasteiger partial charge in [0.2, 0.25) is 0 Å². The monoisotopic (exact) mass is 256 g/mol. The molecular weight excluding hydrogens is 244 g/mol. The standard InChI is InChI=1S/C11H13BrO2/c1-8(12)7-14-11-6-4-3-5-10(11)9(2)13/h3-6,9,13H,1,7H2,2H3/t9-/m1/s1. The van der Waals surface area contributed by atoms with Gasteiger partial charge >= 0.3 is 0 Å². The van der Waals surface area contributed by atoms with E-state index in [4.69, 9.17) is 4.74 Å². The second-order valence-electron chi connectivity index (χ2n) is 3.02. The molecular formula is C11H13BrO2. The molecule has 0 aliphatic rings. The summed E-state index contributed by atoms with van der Waals surface area (Å²) in [4.78, 5) is 0. The summed E-state index contributed by atoms with van der Waals surface area (Å²) >= 11 is 3.21. The molecule has 0 amide bonds. The van der Waals surface area contributed by atoms with Crippen molar-refractivity contribution in [2.45, 2.75) is 13.0 Å². The van der Waals surface area contributed by atoms with E-state index >= 15 is 0 Å². The summed E-state index contributed by atoms with van der Waals surface area (Å²) in [5.74, 6) is 0.697. The van der Waals surface area contributed by atoms with Crippen LogP contribution in [0.1, 0.15) is 18.6 Å². The van der Waals surface area contributed by atoms with Crippen molar-refractivity contribution in [3.63, 3.8) is 0 Å². The van der Waals surface area contributed by atoms with Gasteiger partial charge in [-0.2, -0.15) is 0 Å². The molecule has 0 unspecified atom stereocenters. The highest BCUT2D eigenvalue weighted by atomic mass is 79.9. The first-order valence-corrected chi connectivity index (χ1v) is 5.13. The third-order valence-electron chi connectivity index (χ3n) is 1.75.